The molecule has 25 heavy (non-hydrogen) atoms. The molecule has 0 N–H and O–H groups in total. The molecule has 0 saturated heterocycles. The summed E-state index contributed by atoms with van der Waals surface area (Å²) in [5, 5.41) is 1.38. The van der Waals surface area contributed by atoms with Gasteiger partial charge in [0.15, 0.2) is 0 Å². The fraction of sp³-hybridized carbons (Fsp3) is 0.304. The standard InChI is InChI=1S/C23H26N2/c1-6-7-19-17(4)22-23-20(14-16(3)25(23)13-12-24(22)5)21(19)18-10-8-15(2)9-11-18/h6,8-11,14H,1,7,12-13H2,2-5H3. The Morgan fingerprint density at radius 1 is 1.08 bits per heavy atom. The van der Waals surface area contributed by atoms with E-state index in [1.807, 2.05) is 6.08 Å². The van der Waals surface area contributed by atoms with Crippen LogP contribution in [0, 0.1) is 20.8 Å². The van der Waals surface area contributed by atoms with Crippen LogP contribution in [0.1, 0.15) is 22.4 Å². The third kappa shape index (κ3) is 2.31. The average molecular weight is 330 g/mol. The highest BCUT2D eigenvalue weighted by Crippen LogP contribution is 2.44. The Bertz CT molecular complexity index is 974. The molecule has 0 radical (unpaired) electrons. The lowest BCUT2D eigenvalue weighted by molar-refractivity contribution is 0.668. The van der Waals surface area contributed by atoms with Gasteiger partial charge in [-0.3, -0.25) is 0 Å². The lowest BCUT2D eigenvalue weighted by Crippen LogP contribution is -2.29. The van der Waals surface area contributed by atoms with E-state index in [9.17, 15) is 0 Å². The van der Waals surface area contributed by atoms with Crippen LogP contribution >= 0.6 is 0 Å². The highest BCUT2D eigenvalue weighted by molar-refractivity contribution is 6.06. The molecule has 0 amide bonds. The number of likely N-dealkylation sites (N-methyl/N-ethyl adjacent to an activating group) is 1. The number of nitrogens with zero attached hydrogens (tertiary/aromatic N) is 2. The summed E-state index contributed by atoms with van der Waals surface area (Å²) in [6.07, 6.45) is 2.93. The molecule has 3 aromatic rings. The zero-order valence-corrected chi connectivity index (χ0v) is 15.7. The number of benzene rings is 2. The van der Waals surface area contributed by atoms with Crippen LogP contribution < -0.4 is 4.90 Å². The molecule has 0 aliphatic carbocycles. The predicted molar refractivity (Wildman–Crippen MR) is 109 cm³/mol. The monoisotopic (exact) mass is 330 g/mol. The molecule has 0 spiro atoms. The number of anilines is 1. The molecule has 0 atom stereocenters. The first kappa shape index (κ1) is 16.0. The molecule has 0 saturated carbocycles. The van der Waals surface area contributed by atoms with E-state index < -0.39 is 0 Å². The van der Waals surface area contributed by atoms with E-state index in [1.165, 1.54) is 50.1 Å². The summed E-state index contributed by atoms with van der Waals surface area (Å²) in [7, 11) is 2.22. The van der Waals surface area contributed by atoms with E-state index in [4.69, 9.17) is 0 Å². The van der Waals surface area contributed by atoms with Crippen molar-refractivity contribution >= 4 is 16.6 Å². The minimum atomic E-state index is 0.899. The largest absolute Gasteiger partial charge is 0.371 e. The van der Waals surface area contributed by atoms with Gasteiger partial charge < -0.3 is 9.47 Å². The van der Waals surface area contributed by atoms with Crippen molar-refractivity contribution in [1.29, 1.82) is 0 Å². The van der Waals surface area contributed by atoms with Crippen LogP contribution in [-0.4, -0.2) is 18.2 Å². The lowest BCUT2D eigenvalue weighted by atomic mass is 9.88. The van der Waals surface area contributed by atoms with Gasteiger partial charge in [-0.05, 0) is 55.5 Å². The zero-order chi connectivity index (χ0) is 17.7. The maximum absolute atomic E-state index is 4.02. The van der Waals surface area contributed by atoms with Crippen molar-refractivity contribution in [1.82, 2.24) is 4.57 Å². The number of aryl methyl sites for hydroxylation is 2. The van der Waals surface area contributed by atoms with Crippen molar-refractivity contribution in [2.75, 3.05) is 18.5 Å². The molecule has 2 nitrogen and oxygen atoms in total. The van der Waals surface area contributed by atoms with Crippen molar-refractivity contribution in [3.63, 3.8) is 0 Å². The van der Waals surface area contributed by atoms with Gasteiger partial charge in [0, 0.05) is 31.2 Å². The molecule has 128 valence electrons. The van der Waals surface area contributed by atoms with Gasteiger partial charge in [-0.2, -0.15) is 0 Å². The second kappa shape index (κ2) is 5.80. The summed E-state index contributed by atoms with van der Waals surface area (Å²) in [5.41, 5.74) is 10.9. The molecular formula is C23H26N2. The molecule has 1 aromatic heterocycles. The average Bonchev–Trinajstić information content (AvgIpc) is 2.92. The van der Waals surface area contributed by atoms with Crippen molar-refractivity contribution in [2.24, 2.45) is 0 Å². The summed E-state index contributed by atoms with van der Waals surface area (Å²) in [5.74, 6) is 0. The van der Waals surface area contributed by atoms with Crippen LogP contribution in [0.4, 0.5) is 5.69 Å². The minimum Gasteiger partial charge on any atom is -0.371 e. The van der Waals surface area contributed by atoms with Crippen LogP contribution in [0.3, 0.4) is 0 Å². The SMILES string of the molecule is C=CCc1c(C)c2c3c(cc(C)n3CCN2C)c1-c1ccc(C)cc1. The first-order chi connectivity index (χ1) is 12.0. The molecule has 2 heterocycles. The summed E-state index contributed by atoms with van der Waals surface area (Å²) in [6.45, 7) is 12.8. The Kier molecular flexibility index (Phi) is 3.72. The highest BCUT2D eigenvalue weighted by atomic mass is 15.2. The highest BCUT2D eigenvalue weighted by Gasteiger charge is 2.25. The molecule has 0 bridgehead atoms. The van der Waals surface area contributed by atoms with E-state index >= 15 is 0 Å². The smallest absolute Gasteiger partial charge is 0.0729 e. The number of hydrogen-bond donors (Lipinski definition) is 0. The summed E-state index contributed by atoms with van der Waals surface area (Å²) in [6, 6.07) is 11.3. The van der Waals surface area contributed by atoms with Crippen molar-refractivity contribution in [2.45, 2.75) is 33.7 Å². The van der Waals surface area contributed by atoms with Crippen LogP contribution in [-0.2, 0) is 13.0 Å². The van der Waals surface area contributed by atoms with Gasteiger partial charge in [0.1, 0.15) is 0 Å². The second-order valence-electron chi connectivity index (χ2n) is 7.31. The van der Waals surface area contributed by atoms with Crippen LogP contribution in [0.2, 0.25) is 0 Å². The Morgan fingerprint density at radius 2 is 1.80 bits per heavy atom. The topological polar surface area (TPSA) is 8.17 Å². The van der Waals surface area contributed by atoms with E-state index in [2.05, 4.69) is 74.2 Å². The van der Waals surface area contributed by atoms with Crippen LogP contribution in [0.15, 0.2) is 43.0 Å². The van der Waals surface area contributed by atoms with Gasteiger partial charge in [0.25, 0.3) is 0 Å². The van der Waals surface area contributed by atoms with Crippen molar-refractivity contribution in [3.05, 3.63) is 65.4 Å². The molecular weight excluding hydrogens is 304 g/mol. The van der Waals surface area contributed by atoms with Crippen LogP contribution in [0.5, 0.6) is 0 Å². The summed E-state index contributed by atoms with van der Waals surface area (Å²) >= 11 is 0. The van der Waals surface area contributed by atoms with E-state index in [0.29, 0.717) is 0 Å². The fourth-order valence-corrected chi connectivity index (χ4v) is 4.36. The zero-order valence-electron chi connectivity index (χ0n) is 15.7. The first-order valence-electron chi connectivity index (χ1n) is 9.07. The number of hydrogen-bond acceptors (Lipinski definition) is 1. The molecule has 0 unspecified atom stereocenters. The van der Waals surface area contributed by atoms with E-state index in [1.54, 1.807) is 0 Å². The summed E-state index contributed by atoms with van der Waals surface area (Å²) in [4.78, 5) is 2.42. The van der Waals surface area contributed by atoms with E-state index in [-0.39, 0.29) is 0 Å². The molecule has 2 aromatic carbocycles. The number of allylic oxidation sites excluding steroid dienone is 1. The Hall–Kier alpha value is -2.48. The molecule has 2 heteroatoms. The van der Waals surface area contributed by atoms with Crippen LogP contribution in [0.25, 0.3) is 22.0 Å². The maximum atomic E-state index is 4.02. The molecule has 0 fully saturated rings. The molecule has 4 rings (SSSR count). The second-order valence-corrected chi connectivity index (χ2v) is 7.31. The van der Waals surface area contributed by atoms with Gasteiger partial charge >= 0.3 is 0 Å². The van der Waals surface area contributed by atoms with Crippen molar-refractivity contribution in [3.8, 4) is 11.1 Å². The third-order valence-corrected chi connectivity index (χ3v) is 5.64. The van der Waals surface area contributed by atoms with Gasteiger partial charge in [-0.25, -0.2) is 0 Å². The molecule has 1 aliphatic heterocycles. The normalized spacial score (nSPS) is 13.5. The number of aromatic nitrogens is 1. The maximum Gasteiger partial charge on any atom is 0.0729 e. The summed E-state index contributed by atoms with van der Waals surface area (Å²) < 4.78 is 2.49. The Balaban J connectivity index is 2.16. The van der Waals surface area contributed by atoms with Gasteiger partial charge in [0.05, 0.1) is 11.2 Å². The predicted octanol–water partition coefficient (Wildman–Crippen LogP) is 5.41. The number of rotatable bonds is 3. The Morgan fingerprint density at radius 3 is 2.48 bits per heavy atom. The Labute approximate surface area is 150 Å². The van der Waals surface area contributed by atoms with Gasteiger partial charge in [0.2, 0.25) is 0 Å². The van der Waals surface area contributed by atoms with Gasteiger partial charge in [-0.15, -0.1) is 6.58 Å². The fourth-order valence-electron chi connectivity index (χ4n) is 4.36. The van der Waals surface area contributed by atoms with Crippen molar-refractivity contribution < 1.29 is 0 Å². The quantitative estimate of drug-likeness (QED) is 0.583. The molecule has 1 aliphatic rings. The lowest BCUT2D eigenvalue weighted by Gasteiger charge is -2.31. The first-order valence-corrected chi connectivity index (χ1v) is 9.07. The minimum absolute atomic E-state index is 0.899. The van der Waals surface area contributed by atoms with E-state index in [0.717, 1.165) is 19.5 Å². The van der Waals surface area contributed by atoms with Gasteiger partial charge in [-0.1, -0.05) is 35.9 Å². The third-order valence-electron chi connectivity index (χ3n) is 5.64.